The van der Waals surface area contributed by atoms with Crippen LogP contribution >= 0.6 is 0 Å². The molecule has 2 fully saturated rings. The van der Waals surface area contributed by atoms with E-state index >= 15 is 0 Å². The van der Waals surface area contributed by atoms with Gasteiger partial charge in [-0.2, -0.15) is 0 Å². The number of hydrogen-bond acceptors (Lipinski definition) is 3. The number of aliphatic hydroxyl groups is 1. The molecule has 126 valence electrons. The summed E-state index contributed by atoms with van der Waals surface area (Å²) in [4.78, 5) is 14.3. The first-order valence-electron chi connectivity index (χ1n) is 8.60. The Morgan fingerprint density at radius 3 is 2.70 bits per heavy atom. The van der Waals surface area contributed by atoms with Crippen LogP contribution < -0.4 is 5.32 Å². The smallest absolute Gasteiger partial charge is 0.317 e. The minimum atomic E-state index is -0.193. The molecule has 23 heavy (non-hydrogen) atoms. The van der Waals surface area contributed by atoms with Gasteiger partial charge in [0, 0.05) is 25.6 Å². The van der Waals surface area contributed by atoms with E-state index in [0.717, 1.165) is 32.1 Å². The van der Waals surface area contributed by atoms with Crippen LogP contribution in [0.15, 0.2) is 30.3 Å². The van der Waals surface area contributed by atoms with Crippen LogP contribution in [0.3, 0.4) is 0 Å². The van der Waals surface area contributed by atoms with Crippen LogP contribution in [0, 0.1) is 0 Å². The lowest BCUT2D eigenvalue weighted by atomic mass is 9.93. The highest BCUT2D eigenvalue weighted by molar-refractivity contribution is 5.74. The number of rotatable bonds is 3. The van der Waals surface area contributed by atoms with Gasteiger partial charge in [0.2, 0.25) is 0 Å². The van der Waals surface area contributed by atoms with Crippen molar-refractivity contribution in [3.8, 4) is 0 Å². The Bertz CT molecular complexity index is 500. The van der Waals surface area contributed by atoms with Gasteiger partial charge in [-0.25, -0.2) is 4.79 Å². The van der Waals surface area contributed by atoms with E-state index < -0.39 is 0 Å². The fraction of sp³-hybridized carbons (Fsp3) is 0.611. The number of hydrogen-bond donors (Lipinski definition) is 2. The Balaban J connectivity index is 1.48. The first-order chi connectivity index (χ1) is 11.2. The summed E-state index contributed by atoms with van der Waals surface area (Å²) >= 11 is 0. The van der Waals surface area contributed by atoms with Crippen LogP contribution in [0.5, 0.6) is 0 Å². The van der Waals surface area contributed by atoms with Gasteiger partial charge in [-0.1, -0.05) is 30.3 Å². The fourth-order valence-corrected chi connectivity index (χ4v) is 3.39. The zero-order valence-electron chi connectivity index (χ0n) is 13.5. The molecule has 5 heteroatoms. The molecular weight excluding hydrogens is 292 g/mol. The number of carbonyl (C=O) groups is 1. The average molecular weight is 318 g/mol. The van der Waals surface area contributed by atoms with Gasteiger partial charge in [-0.3, -0.25) is 0 Å². The molecule has 2 amide bonds. The number of aliphatic hydroxyl groups excluding tert-OH is 1. The quantitative estimate of drug-likeness (QED) is 0.895. The third-order valence-corrected chi connectivity index (χ3v) is 4.76. The van der Waals surface area contributed by atoms with Crippen LogP contribution in [0.2, 0.25) is 0 Å². The lowest BCUT2D eigenvalue weighted by molar-refractivity contribution is -0.0139. The molecule has 0 aromatic heterocycles. The SMILES string of the molecule is O=C(NC1CCC(O)CC1)N1CCOC(Cc2ccccc2)C1. The highest BCUT2D eigenvalue weighted by atomic mass is 16.5. The van der Waals surface area contributed by atoms with Gasteiger partial charge in [0.05, 0.1) is 18.8 Å². The lowest BCUT2D eigenvalue weighted by Crippen LogP contribution is -2.52. The number of carbonyl (C=O) groups excluding carboxylic acids is 1. The summed E-state index contributed by atoms with van der Waals surface area (Å²) in [6.07, 6.45) is 4.00. The molecule has 1 saturated heterocycles. The number of amides is 2. The first-order valence-corrected chi connectivity index (χ1v) is 8.60. The minimum absolute atomic E-state index is 0.00718. The zero-order chi connectivity index (χ0) is 16.1. The summed E-state index contributed by atoms with van der Waals surface area (Å²) in [5, 5.41) is 12.7. The van der Waals surface area contributed by atoms with Gasteiger partial charge in [0.1, 0.15) is 0 Å². The van der Waals surface area contributed by atoms with Gasteiger partial charge in [-0.05, 0) is 31.2 Å². The van der Waals surface area contributed by atoms with Crippen molar-refractivity contribution < 1.29 is 14.6 Å². The van der Waals surface area contributed by atoms with Crippen LogP contribution in [0.1, 0.15) is 31.2 Å². The molecular formula is C18H26N2O3. The zero-order valence-corrected chi connectivity index (χ0v) is 13.5. The van der Waals surface area contributed by atoms with E-state index in [1.165, 1.54) is 5.56 Å². The average Bonchev–Trinajstić information content (AvgIpc) is 2.58. The van der Waals surface area contributed by atoms with E-state index in [-0.39, 0.29) is 24.3 Å². The predicted octanol–water partition coefficient (Wildman–Crippen LogP) is 1.94. The maximum atomic E-state index is 12.4. The number of ether oxygens (including phenoxy) is 1. The summed E-state index contributed by atoms with van der Waals surface area (Å²) in [7, 11) is 0. The van der Waals surface area contributed by atoms with Crippen molar-refractivity contribution in [3.63, 3.8) is 0 Å². The molecule has 5 nitrogen and oxygen atoms in total. The van der Waals surface area contributed by atoms with Crippen molar-refractivity contribution in [1.29, 1.82) is 0 Å². The fourth-order valence-electron chi connectivity index (χ4n) is 3.39. The Hall–Kier alpha value is -1.59. The van der Waals surface area contributed by atoms with E-state index in [1.54, 1.807) is 0 Å². The summed E-state index contributed by atoms with van der Waals surface area (Å²) in [6.45, 7) is 1.87. The second-order valence-corrected chi connectivity index (χ2v) is 6.58. The van der Waals surface area contributed by atoms with E-state index in [2.05, 4.69) is 17.4 Å². The third-order valence-electron chi connectivity index (χ3n) is 4.76. The molecule has 1 aromatic rings. The molecule has 0 radical (unpaired) electrons. The van der Waals surface area contributed by atoms with Gasteiger partial charge in [0.25, 0.3) is 0 Å². The topological polar surface area (TPSA) is 61.8 Å². The number of morpholine rings is 1. The Morgan fingerprint density at radius 2 is 1.96 bits per heavy atom. The van der Waals surface area contributed by atoms with Crippen molar-refractivity contribution >= 4 is 6.03 Å². The van der Waals surface area contributed by atoms with E-state index in [9.17, 15) is 9.90 Å². The van der Waals surface area contributed by atoms with Crippen LogP contribution in [-0.4, -0.2) is 54.0 Å². The van der Waals surface area contributed by atoms with Gasteiger partial charge < -0.3 is 20.1 Å². The predicted molar refractivity (Wildman–Crippen MR) is 88.3 cm³/mol. The summed E-state index contributed by atoms with van der Waals surface area (Å²) in [5.41, 5.74) is 1.24. The molecule has 1 aliphatic carbocycles. The van der Waals surface area contributed by atoms with Crippen molar-refractivity contribution in [2.24, 2.45) is 0 Å². The summed E-state index contributed by atoms with van der Waals surface area (Å²) < 4.78 is 5.81. The molecule has 1 unspecified atom stereocenters. The van der Waals surface area contributed by atoms with Crippen LogP contribution in [-0.2, 0) is 11.2 Å². The molecule has 2 N–H and O–H groups in total. The number of nitrogens with one attached hydrogen (secondary N) is 1. The maximum absolute atomic E-state index is 12.4. The molecule has 1 aliphatic heterocycles. The molecule has 3 rings (SSSR count). The number of nitrogens with zero attached hydrogens (tertiary/aromatic N) is 1. The van der Waals surface area contributed by atoms with Gasteiger partial charge >= 0.3 is 6.03 Å². The largest absolute Gasteiger partial charge is 0.393 e. The summed E-state index contributed by atoms with van der Waals surface area (Å²) in [5.74, 6) is 0. The molecule has 1 saturated carbocycles. The van der Waals surface area contributed by atoms with E-state index in [1.807, 2.05) is 23.1 Å². The highest BCUT2D eigenvalue weighted by Gasteiger charge is 2.27. The van der Waals surface area contributed by atoms with Crippen molar-refractivity contribution in [3.05, 3.63) is 35.9 Å². The number of benzene rings is 1. The molecule has 1 heterocycles. The molecule has 1 atom stereocenters. The van der Waals surface area contributed by atoms with Crippen LogP contribution in [0.25, 0.3) is 0 Å². The second kappa shape index (κ2) is 7.79. The lowest BCUT2D eigenvalue weighted by Gasteiger charge is -2.35. The monoisotopic (exact) mass is 318 g/mol. The standard InChI is InChI=1S/C18H26N2O3/c21-16-8-6-15(7-9-16)19-18(22)20-10-11-23-17(13-20)12-14-4-2-1-3-5-14/h1-5,15-17,21H,6-13H2,(H,19,22). The first kappa shape index (κ1) is 16.3. The van der Waals surface area contributed by atoms with E-state index in [4.69, 9.17) is 4.74 Å². The second-order valence-electron chi connectivity index (χ2n) is 6.58. The van der Waals surface area contributed by atoms with Crippen molar-refractivity contribution in [1.82, 2.24) is 10.2 Å². The maximum Gasteiger partial charge on any atom is 0.317 e. The van der Waals surface area contributed by atoms with Crippen molar-refractivity contribution in [2.75, 3.05) is 19.7 Å². The molecule has 0 bridgehead atoms. The molecule has 1 aromatic carbocycles. The minimum Gasteiger partial charge on any atom is -0.393 e. The Labute approximate surface area is 137 Å². The van der Waals surface area contributed by atoms with Crippen LogP contribution in [0.4, 0.5) is 4.79 Å². The summed E-state index contributed by atoms with van der Waals surface area (Å²) in [6, 6.07) is 10.5. The normalized spacial score (nSPS) is 28.4. The van der Waals surface area contributed by atoms with Gasteiger partial charge in [0.15, 0.2) is 0 Å². The molecule has 0 spiro atoms. The Morgan fingerprint density at radius 1 is 1.22 bits per heavy atom. The van der Waals surface area contributed by atoms with Crippen molar-refractivity contribution in [2.45, 2.75) is 50.4 Å². The highest BCUT2D eigenvalue weighted by Crippen LogP contribution is 2.19. The third kappa shape index (κ3) is 4.69. The van der Waals surface area contributed by atoms with E-state index in [0.29, 0.717) is 19.7 Å². The van der Waals surface area contributed by atoms with Gasteiger partial charge in [-0.15, -0.1) is 0 Å². The molecule has 2 aliphatic rings. The number of urea groups is 1. The Kier molecular flexibility index (Phi) is 5.51.